The van der Waals surface area contributed by atoms with Crippen molar-refractivity contribution in [1.82, 2.24) is 9.97 Å². The summed E-state index contributed by atoms with van der Waals surface area (Å²) in [7, 11) is 1.64. The summed E-state index contributed by atoms with van der Waals surface area (Å²) in [6, 6.07) is 22.3. The Kier molecular flexibility index (Phi) is 5.07. The lowest BCUT2D eigenvalue weighted by atomic mass is 10.1. The van der Waals surface area contributed by atoms with Crippen molar-refractivity contribution in [3.8, 4) is 22.9 Å². The standard InChI is InChI=1S/C23H20N4O2/c1-15(16-7-11-18(28)12-8-16)26-27-23-20-5-3-4-6-21(20)24-22(25-23)17-9-13-19(29-2)14-10-17/h3-14,28H,1-2H3,(H,24,25,27)/b26-15-. The zero-order valence-corrected chi connectivity index (χ0v) is 16.1. The Balaban J connectivity index is 1.72. The number of aromatic nitrogens is 2. The second kappa shape index (κ2) is 7.98. The Morgan fingerprint density at radius 3 is 2.38 bits per heavy atom. The number of methoxy groups -OCH3 is 1. The molecule has 1 heterocycles. The van der Waals surface area contributed by atoms with E-state index in [0.717, 1.165) is 33.5 Å². The lowest BCUT2D eigenvalue weighted by Gasteiger charge is -2.09. The van der Waals surface area contributed by atoms with E-state index in [4.69, 9.17) is 9.72 Å². The highest BCUT2D eigenvalue weighted by Gasteiger charge is 2.09. The van der Waals surface area contributed by atoms with Crippen molar-refractivity contribution in [2.45, 2.75) is 6.92 Å². The number of phenols is 1. The summed E-state index contributed by atoms with van der Waals surface area (Å²) in [6.07, 6.45) is 0. The first kappa shape index (κ1) is 18.4. The van der Waals surface area contributed by atoms with E-state index in [1.54, 1.807) is 19.2 Å². The third kappa shape index (κ3) is 4.01. The minimum absolute atomic E-state index is 0.223. The number of hydrogen-bond acceptors (Lipinski definition) is 6. The second-order valence-electron chi connectivity index (χ2n) is 6.50. The number of aromatic hydroxyl groups is 1. The first-order chi connectivity index (χ1) is 14.1. The molecule has 0 unspecified atom stereocenters. The fraction of sp³-hybridized carbons (Fsp3) is 0.0870. The minimum atomic E-state index is 0.223. The Bertz CT molecular complexity index is 1170. The van der Waals surface area contributed by atoms with Crippen LogP contribution in [-0.2, 0) is 0 Å². The van der Waals surface area contributed by atoms with Gasteiger partial charge in [-0.2, -0.15) is 5.10 Å². The quantitative estimate of drug-likeness (QED) is 0.380. The van der Waals surface area contributed by atoms with E-state index in [1.807, 2.05) is 67.6 Å². The van der Waals surface area contributed by atoms with Crippen LogP contribution in [0.4, 0.5) is 5.82 Å². The number of hydrazone groups is 1. The molecule has 4 rings (SSSR count). The van der Waals surface area contributed by atoms with Crippen LogP contribution >= 0.6 is 0 Å². The zero-order chi connectivity index (χ0) is 20.2. The van der Waals surface area contributed by atoms with Gasteiger partial charge in [0.1, 0.15) is 11.5 Å². The summed E-state index contributed by atoms with van der Waals surface area (Å²) in [5.74, 6) is 2.23. The van der Waals surface area contributed by atoms with Gasteiger partial charge >= 0.3 is 0 Å². The number of ether oxygens (including phenoxy) is 1. The molecule has 6 heteroatoms. The molecule has 0 radical (unpaired) electrons. The van der Waals surface area contributed by atoms with E-state index in [0.29, 0.717) is 11.6 Å². The fourth-order valence-electron chi connectivity index (χ4n) is 2.94. The molecule has 0 bridgehead atoms. The molecule has 0 aliphatic heterocycles. The molecule has 144 valence electrons. The third-order valence-corrected chi connectivity index (χ3v) is 4.57. The van der Waals surface area contributed by atoms with Crippen LogP contribution in [0.5, 0.6) is 11.5 Å². The Morgan fingerprint density at radius 1 is 0.931 bits per heavy atom. The molecular formula is C23H20N4O2. The molecule has 0 saturated carbocycles. The van der Waals surface area contributed by atoms with Gasteiger partial charge in [0.25, 0.3) is 0 Å². The van der Waals surface area contributed by atoms with Gasteiger partial charge in [0, 0.05) is 10.9 Å². The van der Waals surface area contributed by atoms with Gasteiger partial charge in [-0.05, 0) is 73.2 Å². The molecule has 6 nitrogen and oxygen atoms in total. The molecule has 3 aromatic carbocycles. The van der Waals surface area contributed by atoms with E-state index < -0.39 is 0 Å². The highest BCUT2D eigenvalue weighted by atomic mass is 16.5. The van der Waals surface area contributed by atoms with Gasteiger partial charge in [0.2, 0.25) is 0 Å². The van der Waals surface area contributed by atoms with E-state index in [2.05, 4.69) is 15.5 Å². The number of para-hydroxylation sites is 1. The minimum Gasteiger partial charge on any atom is -0.508 e. The number of rotatable bonds is 5. The molecule has 0 atom stereocenters. The maximum Gasteiger partial charge on any atom is 0.162 e. The number of hydrogen-bond donors (Lipinski definition) is 2. The largest absolute Gasteiger partial charge is 0.508 e. The second-order valence-corrected chi connectivity index (χ2v) is 6.50. The van der Waals surface area contributed by atoms with Gasteiger partial charge in [-0.1, -0.05) is 12.1 Å². The van der Waals surface area contributed by atoms with Crippen molar-refractivity contribution >= 4 is 22.4 Å². The Morgan fingerprint density at radius 2 is 1.66 bits per heavy atom. The number of anilines is 1. The van der Waals surface area contributed by atoms with Gasteiger partial charge in [0.05, 0.1) is 18.3 Å². The van der Waals surface area contributed by atoms with Crippen molar-refractivity contribution in [3.63, 3.8) is 0 Å². The molecule has 0 aliphatic rings. The van der Waals surface area contributed by atoms with E-state index in [9.17, 15) is 5.11 Å². The number of nitrogens with zero attached hydrogens (tertiary/aromatic N) is 3. The molecule has 0 spiro atoms. The molecule has 1 aromatic heterocycles. The molecule has 0 aliphatic carbocycles. The van der Waals surface area contributed by atoms with Gasteiger partial charge in [0.15, 0.2) is 11.6 Å². The topological polar surface area (TPSA) is 79.6 Å². The van der Waals surface area contributed by atoms with Crippen LogP contribution in [0.2, 0.25) is 0 Å². The van der Waals surface area contributed by atoms with Crippen molar-refractivity contribution in [2.75, 3.05) is 12.5 Å². The highest BCUT2D eigenvalue weighted by molar-refractivity contribution is 5.99. The first-order valence-electron chi connectivity index (χ1n) is 9.15. The number of benzene rings is 3. The number of phenolic OH excluding ortho intramolecular Hbond substituents is 1. The maximum absolute atomic E-state index is 9.46. The molecule has 2 N–H and O–H groups in total. The van der Waals surface area contributed by atoms with Crippen LogP contribution in [0.25, 0.3) is 22.3 Å². The molecule has 0 saturated heterocycles. The Hall–Kier alpha value is -3.93. The molecular weight excluding hydrogens is 364 g/mol. The normalized spacial score (nSPS) is 11.4. The molecule has 29 heavy (non-hydrogen) atoms. The van der Waals surface area contributed by atoms with Crippen LogP contribution in [0.1, 0.15) is 12.5 Å². The van der Waals surface area contributed by atoms with Crippen molar-refractivity contribution in [2.24, 2.45) is 5.10 Å². The predicted octanol–water partition coefficient (Wildman–Crippen LogP) is 4.85. The summed E-state index contributed by atoms with van der Waals surface area (Å²) in [4.78, 5) is 9.38. The van der Waals surface area contributed by atoms with E-state index in [1.165, 1.54) is 0 Å². The van der Waals surface area contributed by atoms with E-state index >= 15 is 0 Å². The van der Waals surface area contributed by atoms with Crippen molar-refractivity contribution < 1.29 is 9.84 Å². The monoisotopic (exact) mass is 384 g/mol. The summed E-state index contributed by atoms with van der Waals surface area (Å²) in [6.45, 7) is 1.90. The fourth-order valence-corrected chi connectivity index (χ4v) is 2.94. The number of fused-ring (bicyclic) bond motifs is 1. The third-order valence-electron chi connectivity index (χ3n) is 4.57. The van der Waals surface area contributed by atoms with Crippen LogP contribution in [-0.4, -0.2) is 27.9 Å². The lowest BCUT2D eigenvalue weighted by Crippen LogP contribution is -2.03. The molecule has 4 aromatic rings. The van der Waals surface area contributed by atoms with Crippen LogP contribution < -0.4 is 10.2 Å². The van der Waals surface area contributed by atoms with Crippen molar-refractivity contribution in [1.29, 1.82) is 0 Å². The average molecular weight is 384 g/mol. The molecule has 0 amide bonds. The van der Waals surface area contributed by atoms with Crippen LogP contribution in [0.3, 0.4) is 0 Å². The first-order valence-corrected chi connectivity index (χ1v) is 9.15. The Labute approximate surface area is 168 Å². The number of nitrogens with one attached hydrogen (secondary N) is 1. The van der Waals surface area contributed by atoms with Gasteiger partial charge in [-0.25, -0.2) is 9.97 Å². The van der Waals surface area contributed by atoms with Gasteiger partial charge in [-0.15, -0.1) is 0 Å². The predicted molar refractivity (Wildman–Crippen MR) is 115 cm³/mol. The lowest BCUT2D eigenvalue weighted by molar-refractivity contribution is 0.415. The van der Waals surface area contributed by atoms with Crippen molar-refractivity contribution in [3.05, 3.63) is 78.4 Å². The molecule has 0 fully saturated rings. The highest BCUT2D eigenvalue weighted by Crippen LogP contribution is 2.26. The summed E-state index contributed by atoms with van der Waals surface area (Å²) < 4.78 is 5.23. The summed E-state index contributed by atoms with van der Waals surface area (Å²) in [5.41, 5.74) is 6.48. The SMILES string of the molecule is COc1ccc(-c2nc(N/N=C(/C)c3ccc(O)cc3)c3ccccc3n2)cc1. The van der Waals surface area contributed by atoms with Crippen LogP contribution in [0, 0.1) is 0 Å². The van der Waals surface area contributed by atoms with Gasteiger partial charge < -0.3 is 9.84 Å². The summed E-state index contributed by atoms with van der Waals surface area (Å²) in [5, 5.41) is 14.8. The average Bonchev–Trinajstić information content (AvgIpc) is 2.77. The zero-order valence-electron chi connectivity index (χ0n) is 16.1. The van der Waals surface area contributed by atoms with Gasteiger partial charge in [-0.3, -0.25) is 5.43 Å². The summed E-state index contributed by atoms with van der Waals surface area (Å²) >= 11 is 0. The smallest absolute Gasteiger partial charge is 0.162 e. The van der Waals surface area contributed by atoms with E-state index in [-0.39, 0.29) is 5.75 Å². The maximum atomic E-state index is 9.46. The van der Waals surface area contributed by atoms with Crippen LogP contribution in [0.15, 0.2) is 77.9 Å².